The summed E-state index contributed by atoms with van der Waals surface area (Å²) in [5, 5.41) is 10.7. The highest BCUT2D eigenvalue weighted by atomic mass is 16.3. The van der Waals surface area contributed by atoms with Gasteiger partial charge in [-0.15, -0.1) is 0 Å². The Morgan fingerprint density at radius 3 is 3.00 bits per heavy atom. The van der Waals surface area contributed by atoms with Crippen LogP contribution in [0.4, 0.5) is 0 Å². The largest absolute Gasteiger partial charge is 0.507 e. The number of benzene rings is 1. The molecule has 1 aromatic heterocycles. The normalized spacial score (nSPS) is 11.5. The zero-order chi connectivity index (χ0) is 9.97. The summed E-state index contributed by atoms with van der Waals surface area (Å²) in [6.07, 6.45) is 5.44. The summed E-state index contributed by atoms with van der Waals surface area (Å²) in [7, 11) is 0. The van der Waals surface area contributed by atoms with Crippen molar-refractivity contribution in [2.75, 3.05) is 6.54 Å². The lowest BCUT2D eigenvalue weighted by Crippen LogP contribution is -1.91. The predicted octanol–water partition coefficient (Wildman–Crippen LogP) is 1.85. The van der Waals surface area contributed by atoms with E-state index >= 15 is 0 Å². The van der Waals surface area contributed by atoms with E-state index in [0.29, 0.717) is 12.3 Å². The molecule has 3 heteroatoms. The molecule has 0 aliphatic carbocycles. The third-order valence-corrected chi connectivity index (χ3v) is 2.17. The lowest BCUT2D eigenvalue weighted by atomic mass is 10.1. The van der Waals surface area contributed by atoms with Crippen molar-refractivity contribution in [2.45, 2.75) is 0 Å². The van der Waals surface area contributed by atoms with E-state index in [9.17, 15) is 5.11 Å². The number of aromatic hydroxyl groups is 1. The van der Waals surface area contributed by atoms with E-state index in [0.717, 1.165) is 16.5 Å². The first-order valence-electron chi connectivity index (χ1n) is 4.48. The molecule has 0 aliphatic rings. The van der Waals surface area contributed by atoms with Crippen LogP contribution >= 0.6 is 0 Å². The summed E-state index contributed by atoms with van der Waals surface area (Å²) >= 11 is 0. The second kappa shape index (κ2) is 3.55. The fourth-order valence-corrected chi connectivity index (χ4v) is 1.46. The molecule has 1 aromatic carbocycles. The molecule has 72 valence electrons. The van der Waals surface area contributed by atoms with Gasteiger partial charge in [0.15, 0.2) is 0 Å². The van der Waals surface area contributed by atoms with Gasteiger partial charge < -0.3 is 15.8 Å². The number of hydrogen-bond acceptors (Lipinski definition) is 2. The second-order valence-electron chi connectivity index (χ2n) is 3.08. The van der Waals surface area contributed by atoms with Crippen molar-refractivity contribution in [3.8, 4) is 5.75 Å². The number of H-pyrrole nitrogens is 1. The minimum Gasteiger partial charge on any atom is -0.507 e. The van der Waals surface area contributed by atoms with Gasteiger partial charge in [0, 0.05) is 29.2 Å². The minimum atomic E-state index is 0.299. The van der Waals surface area contributed by atoms with Crippen molar-refractivity contribution in [3.63, 3.8) is 0 Å². The molecule has 0 radical (unpaired) electrons. The number of phenols is 1. The van der Waals surface area contributed by atoms with Crippen LogP contribution in [-0.2, 0) is 0 Å². The van der Waals surface area contributed by atoms with Crippen LogP contribution in [0.15, 0.2) is 30.5 Å². The fourth-order valence-electron chi connectivity index (χ4n) is 1.46. The summed E-state index contributed by atoms with van der Waals surface area (Å²) in [6.45, 7) is 0.477. The first kappa shape index (κ1) is 8.84. The van der Waals surface area contributed by atoms with Gasteiger partial charge in [0.1, 0.15) is 5.75 Å². The molecule has 0 atom stereocenters. The number of nitrogens with one attached hydrogen (secondary N) is 1. The van der Waals surface area contributed by atoms with Gasteiger partial charge >= 0.3 is 0 Å². The smallest absolute Gasteiger partial charge is 0.132 e. The first-order chi connectivity index (χ1) is 6.83. The van der Waals surface area contributed by atoms with Gasteiger partial charge in [-0.1, -0.05) is 12.2 Å². The third-order valence-electron chi connectivity index (χ3n) is 2.17. The maximum atomic E-state index is 9.85. The van der Waals surface area contributed by atoms with Crippen LogP contribution in [0.1, 0.15) is 5.56 Å². The molecule has 0 spiro atoms. The van der Waals surface area contributed by atoms with E-state index in [1.165, 1.54) is 0 Å². The number of nitrogens with two attached hydrogens (primary N) is 1. The number of hydrogen-bond donors (Lipinski definition) is 3. The van der Waals surface area contributed by atoms with Crippen molar-refractivity contribution in [3.05, 3.63) is 36.0 Å². The molecule has 0 saturated carbocycles. The molecule has 0 saturated heterocycles. The Kier molecular flexibility index (Phi) is 2.24. The zero-order valence-electron chi connectivity index (χ0n) is 7.70. The number of rotatable bonds is 2. The molecular formula is C11H12N2O. The zero-order valence-corrected chi connectivity index (χ0v) is 7.70. The molecule has 2 rings (SSSR count). The van der Waals surface area contributed by atoms with Gasteiger partial charge in [-0.05, 0) is 18.2 Å². The van der Waals surface area contributed by atoms with E-state index in [1.54, 1.807) is 6.20 Å². The molecular weight excluding hydrogens is 176 g/mol. The highest BCUT2D eigenvalue weighted by Gasteiger charge is 2.03. The molecule has 0 fully saturated rings. The Bertz CT molecular complexity index is 471. The number of aromatic nitrogens is 1. The molecule has 14 heavy (non-hydrogen) atoms. The standard InChI is InChI=1S/C11H12N2O/c12-6-1-2-8-3-4-10-9(11(8)14)5-7-13-10/h1-5,7,13-14H,6,12H2/b2-1+. The van der Waals surface area contributed by atoms with E-state index in [-0.39, 0.29) is 0 Å². The van der Waals surface area contributed by atoms with E-state index in [1.807, 2.05) is 30.4 Å². The van der Waals surface area contributed by atoms with Crippen LogP contribution in [0, 0.1) is 0 Å². The lowest BCUT2D eigenvalue weighted by molar-refractivity contribution is 0.480. The Morgan fingerprint density at radius 1 is 1.36 bits per heavy atom. The first-order valence-corrected chi connectivity index (χ1v) is 4.48. The molecule has 2 aromatic rings. The van der Waals surface area contributed by atoms with Crippen molar-refractivity contribution in [2.24, 2.45) is 5.73 Å². The summed E-state index contributed by atoms with van der Waals surface area (Å²) < 4.78 is 0. The average molecular weight is 188 g/mol. The molecule has 0 unspecified atom stereocenters. The Labute approximate surface area is 81.9 Å². The summed E-state index contributed by atoms with van der Waals surface area (Å²) in [6, 6.07) is 5.65. The summed E-state index contributed by atoms with van der Waals surface area (Å²) in [5.74, 6) is 0.299. The molecule has 1 heterocycles. The summed E-state index contributed by atoms with van der Waals surface area (Å²) in [4.78, 5) is 3.03. The van der Waals surface area contributed by atoms with Gasteiger partial charge in [-0.3, -0.25) is 0 Å². The van der Waals surface area contributed by atoms with Gasteiger partial charge in [-0.2, -0.15) is 0 Å². The van der Waals surface area contributed by atoms with Gasteiger partial charge in [-0.25, -0.2) is 0 Å². The van der Waals surface area contributed by atoms with Crippen LogP contribution in [0.3, 0.4) is 0 Å². The van der Waals surface area contributed by atoms with Crippen molar-refractivity contribution in [1.82, 2.24) is 4.98 Å². The maximum absolute atomic E-state index is 9.85. The molecule has 0 aliphatic heterocycles. The van der Waals surface area contributed by atoms with Gasteiger partial charge in [0.25, 0.3) is 0 Å². The van der Waals surface area contributed by atoms with E-state index in [4.69, 9.17) is 5.73 Å². The third kappa shape index (κ3) is 1.38. The topological polar surface area (TPSA) is 62.0 Å². The average Bonchev–Trinajstić information content (AvgIpc) is 2.66. The highest BCUT2D eigenvalue weighted by Crippen LogP contribution is 2.28. The van der Waals surface area contributed by atoms with Gasteiger partial charge in [0.05, 0.1) is 0 Å². The minimum absolute atomic E-state index is 0.299. The molecule has 3 nitrogen and oxygen atoms in total. The Morgan fingerprint density at radius 2 is 2.21 bits per heavy atom. The van der Waals surface area contributed by atoms with Crippen LogP contribution in [-0.4, -0.2) is 16.6 Å². The van der Waals surface area contributed by atoms with Crippen molar-refractivity contribution >= 4 is 17.0 Å². The molecule has 0 bridgehead atoms. The second-order valence-corrected chi connectivity index (χ2v) is 3.08. The molecule has 0 amide bonds. The predicted molar refractivity (Wildman–Crippen MR) is 58.1 cm³/mol. The van der Waals surface area contributed by atoms with Crippen LogP contribution < -0.4 is 5.73 Å². The van der Waals surface area contributed by atoms with E-state index in [2.05, 4.69) is 4.98 Å². The number of fused-ring (bicyclic) bond motifs is 1. The van der Waals surface area contributed by atoms with Gasteiger partial charge in [0.2, 0.25) is 0 Å². The van der Waals surface area contributed by atoms with E-state index < -0.39 is 0 Å². The number of aromatic amines is 1. The maximum Gasteiger partial charge on any atom is 0.132 e. The summed E-state index contributed by atoms with van der Waals surface area (Å²) in [5.41, 5.74) is 7.08. The van der Waals surface area contributed by atoms with Crippen LogP contribution in [0.2, 0.25) is 0 Å². The monoisotopic (exact) mass is 188 g/mol. The lowest BCUT2D eigenvalue weighted by Gasteiger charge is -2.00. The van der Waals surface area contributed by atoms with Crippen molar-refractivity contribution < 1.29 is 5.11 Å². The fraction of sp³-hybridized carbons (Fsp3) is 0.0909. The quantitative estimate of drug-likeness (QED) is 0.673. The van der Waals surface area contributed by atoms with Crippen LogP contribution in [0.5, 0.6) is 5.75 Å². The number of phenolic OH excluding ortho intramolecular Hbond substituents is 1. The molecule has 4 N–H and O–H groups in total. The Balaban J connectivity index is 2.56. The SMILES string of the molecule is NC/C=C/c1ccc2[nH]ccc2c1O. The van der Waals surface area contributed by atoms with Crippen molar-refractivity contribution in [1.29, 1.82) is 0 Å². The Hall–Kier alpha value is -1.74. The van der Waals surface area contributed by atoms with Crippen LogP contribution in [0.25, 0.3) is 17.0 Å². The highest BCUT2D eigenvalue weighted by molar-refractivity contribution is 5.89.